The highest BCUT2D eigenvalue weighted by Gasteiger charge is 2.27. The number of nitrogens with two attached hydrogens (primary N) is 1. The van der Waals surface area contributed by atoms with Crippen LogP contribution in [0.4, 0.5) is 5.69 Å². The maximum atomic E-state index is 12.2. The van der Waals surface area contributed by atoms with Gasteiger partial charge in [-0.3, -0.25) is 4.79 Å². The molecule has 0 fully saturated rings. The van der Waals surface area contributed by atoms with Gasteiger partial charge < -0.3 is 15.6 Å². The second-order valence-electron chi connectivity index (χ2n) is 6.35. The lowest BCUT2D eigenvalue weighted by atomic mass is 9.87. The number of nitrogens with one attached hydrogen (secondary N) is 1. The van der Waals surface area contributed by atoms with E-state index in [1.165, 1.54) is 0 Å². The third-order valence-electron chi connectivity index (χ3n) is 3.56. The number of aryl methyl sites for hydroxylation is 1. The Morgan fingerprint density at radius 2 is 2.14 bits per heavy atom. The quantitative estimate of drug-likeness (QED) is 0.907. The van der Waals surface area contributed by atoms with Gasteiger partial charge in [-0.25, -0.2) is 0 Å². The van der Waals surface area contributed by atoms with Gasteiger partial charge in [0.15, 0.2) is 5.82 Å². The molecule has 0 radical (unpaired) electrons. The topological polar surface area (TPSA) is 85.8 Å². The first-order valence-corrected chi connectivity index (χ1v) is 7.37. The zero-order valence-corrected chi connectivity index (χ0v) is 13.5. The number of hydrogen-bond acceptors (Lipinski definition) is 4. The van der Waals surface area contributed by atoms with E-state index >= 15 is 0 Å². The van der Waals surface area contributed by atoms with Crippen LogP contribution in [0.3, 0.4) is 0 Å². The van der Waals surface area contributed by atoms with E-state index in [-0.39, 0.29) is 11.3 Å². The lowest BCUT2D eigenvalue weighted by molar-refractivity contribution is -0.119. The van der Waals surface area contributed by atoms with Crippen molar-refractivity contribution in [2.24, 2.45) is 11.1 Å². The number of carbonyl (C=O) groups is 1. The molecule has 0 aliphatic rings. The molecule has 2 rings (SSSR count). The lowest BCUT2D eigenvalue weighted by Crippen LogP contribution is -2.45. The molecule has 1 aromatic heterocycles. The van der Waals surface area contributed by atoms with E-state index in [0.717, 1.165) is 17.9 Å². The van der Waals surface area contributed by atoms with Crippen LogP contribution < -0.4 is 11.1 Å². The number of amides is 1. The van der Waals surface area contributed by atoms with E-state index in [1.807, 2.05) is 56.5 Å². The van der Waals surface area contributed by atoms with Gasteiger partial charge in [0.05, 0.1) is 6.04 Å². The molecule has 0 unspecified atom stereocenters. The molecule has 118 valence electrons. The van der Waals surface area contributed by atoms with Crippen LogP contribution in [0.5, 0.6) is 0 Å². The maximum absolute atomic E-state index is 12.2. The Hall–Kier alpha value is -2.21. The van der Waals surface area contributed by atoms with Crippen LogP contribution in [0.15, 0.2) is 30.6 Å². The summed E-state index contributed by atoms with van der Waals surface area (Å²) in [5, 5.41) is 10.9. The molecule has 1 heterocycles. The second-order valence-corrected chi connectivity index (χ2v) is 6.35. The van der Waals surface area contributed by atoms with E-state index in [4.69, 9.17) is 5.73 Å². The Labute approximate surface area is 130 Å². The summed E-state index contributed by atoms with van der Waals surface area (Å²) in [5.41, 5.74) is 7.30. The van der Waals surface area contributed by atoms with Gasteiger partial charge in [-0.1, -0.05) is 32.9 Å². The molecular formula is C16H23N5O. The molecular weight excluding hydrogens is 278 g/mol. The highest BCUT2D eigenvalue weighted by molar-refractivity contribution is 5.95. The minimum Gasteiger partial charge on any atom is -0.325 e. The third kappa shape index (κ3) is 3.51. The maximum Gasteiger partial charge on any atom is 0.241 e. The second kappa shape index (κ2) is 6.27. The van der Waals surface area contributed by atoms with E-state index in [2.05, 4.69) is 15.5 Å². The van der Waals surface area contributed by atoms with E-state index in [0.29, 0.717) is 5.69 Å². The summed E-state index contributed by atoms with van der Waals surface area (Å²) in [6.45, 7) is 8.64. The standard InChI is InChI=1S/C16H23N5O/c1-5-21-10-18-20-14(21)11-7-6-8-12(9-11)19-15(22)13(17)16(2,3)4/h6-10,13H,5,17H2,1-4H3,(H,19,22)/t13-/m1/s1. The van der Waals surface area contributed by atoms with Crippen molar-refractivity contribution < 1.29 is 4.79 Å². The van der Waals surface area contributed by atoms with Crippen molar-refractivity contribution in [2.75, 3.05) is 5.32 Å². The van der Waals surface area contributed by atoms with Gasteiger partial charge in [-0.05, 0) is 24.5 Å². The molecule has 0 bridgehead atoms. The third-order valence-corrected chi connectivity index (χ3v) is 3.56. The van der Waals surface area contributed by atoms with Gasteiger partial charge in [-0.2, -0.15) is 0 Å². The summed E-state index contributed by atoms with van der Waals surface area (Å²) in [6, 6.07) is 6.96. The molecule has 0 spiro atoms. The van der Waals surface area contributed by atoms with Crippen LogP contribution in [-0.2, 0) is 11.3 Å². The van der Waals surface area contributed by atoms with Crippen LogP contribution >= 0.6 is 0 Å². The van der Waals surface area contributed by atoms with Gasteiger partial charge in [-0.15, -0.1) is 10.2 Å². The normalized spacial score (nSPS) is 13.0. The molecule has 2 aromatic rings. The fourth-order valence-corrected chi connectivity index (χ4v) is 2.06. The highest BCUT2D eigenvalue weighted by atomic mass is 16.2. The minimum atomic E-state index is -0.574. The van der Waals surface area contributed by atoms with Crippen LogP contribution in [0.2, 0.25) is 0 Å². The zero-order chi connectivity index (χ0) is 16.3. The Morgan fingerprint density at radius 3 is 2.77 bits per heavy atom. The van der Waals surface area contributed by atoms with Crippen molar-refractivity contribution in [3.63, 3.8) is 0 Å². The predicted octanol–water partition coefficient (Wildman–Crippen LogP) is 2.28. The summed E-state index contributed by atoms with van der Waals surface area (Å²) in [6.07, 6.45) is 1.69. The first-order valence-electron chi connectivity index (χ1n) is 7.37. The van der Waals surface area contributed by atoms with Crippen molar-refractivity contribution in [3.8, 4) is 11.4 Å². The smallest absolute Gasteiger partial charge is 0.241 e. The number of carbonyl (C=O) groups excluding carboxylic acids is 1. The monoisotopic (exact) mass is 301 g/mol. The van der Waals surface area contributed by atoms with Gasteiger partial charge in [0.2, 0.25) is 5.91 Å². The Balaban J connectivity index is 2.21. The molecule has 1 atom stereocenters. The van der Waals surface area contributed by atoms with Crippen LogP contribution in [0.25, 0.3) is 11.4 Å². The Bertz CT molecular complexity index is 657. The first-order chi connectivity index (χ1) is 10.3. The highest BCUT2D eigenvalue weighted by Crippen LogP contribution is 2.22. The summed E-state index contributed by atoms with van der Waals surface area (Å²) >= 11 is 0. The summed E-state index contributed by atoms with van der Waals surface area (Å²) < 4.78 is 1.95. The van der Waals surface area contributed by atoms with Crippen LogP contribution in [0.1, 0.15) is 27.7 Å². The number of anilines is 1. The first kappa shape index (κ1) is 16.2. The van der Waals surface area contributed by atoms with E-state index < -0.39 is 6.04 Å². The Morgan fingerprint density at radius 1 is 1.41 bits per heavy atom. The molecule has 0 saturated carbocycles. The number of benzene rings is 1. The largest absolute Gasteiger partial charge is 0.325 e. The van der Waals surface area contributed by atoms with Gasteiger partial charge in [0.1, 0.15) is 6.33 Å². The lowest BCUT2D eigenvalue weighted by Gasteiger charge is -2.25. The van der Waals surface area contributed by atoms with Crippen molar-refractivity contribution in [2.45, 2.75) is 40.3 Å². The fourth-order valence-electron chi connectivity index (χ4n) is 2.06. The van der Waals surface area contributed by atoms with Gasteiger partial charge in [0, 0.05) is 17.8 Å². The molecule has 0 aliphatic heterocycles. The van der Waals surface area contributed by atoms with Crippen molar-refractivity contribution in [1.29, 1.82) is 0 Å². The van der Waals surface area contributed by atoms with Crippen LogP contribution in [-0.4, -0.2) is 26.7 Å². The van der Waals surface area contributed by atoms with Crippen molar-refractivity contribution in [3.05, 3.63) is 30.6 Å². The molecule has 0 saturated heterocycles. The van der Waals surface area contributed by atoms with Crippen molar-refractivity contribution >= 4 is 11.6 Å². The molecule has 6 nitrogen and oxygen atoms in total. The summed E-state index contributed by atoms with van der Waals surface area (Å²) in [7, 11) is 0. The van der Waals surface area contributed by atoms with Crippen molar-refractivity contribution in [1.82, 2.24) is 14.8 Å². The minimum absolute atomic E-state index is 0.193. The molecule has 1 amide bonds. The molecule has 0 aliphatic carbocycles. The van der Waals surface area contributed by atoms with E-state index in [1.54, 1.807) is 6.33 Å². The predicted molar refractivity (Wildman–Crippen MR) is 87.2 cm³/mol. The van der Waals surface area contributed by atoms with Gasteiger partial charge in [0.25, 0.3) is 0 Å². The Kier molecular flexibility index (Phi) is 4.61. The van der Waals surface area contributed by atoms with Gasteiger partial charge >= 0.3 is 0 Å². The fraction of sp³-hybridized carbons (Fsp3) is 0.438. The number of rotatable bonds is 4. The molecule has 22 heavy (non-hydrogen) atoms. The molecule has 6 heteroatoms. The van der Waals surface area contributed by atoms with E-state index in [9.17, 15) is 4.79 Å². The number of aromatic nitrogens is 3. The zero-order valence-electron chi connectivity index (χ0n) is 13.5. The summed E-state index contributed by atoms with van der Waals surface area (Å²) in [5.74, 6) is 0.584. The average molecular weight is 301 g/mol. The van der Waals surface area contributed by atoms with Crippen LogP contribution in [0, 0.1) is 5.41 Å². The number of nitrogens with zero attached hydrogens (tertiary/aromatic N) is 3. The average Bonchev–Trinajstić information content (AvgIpc) is 2.94. The number of hydrogen-bond donors (Lipinski definition) is 2. The molecule has 3 N–H and O–H groups in total. The molecule has 1 aromatic carbocycles. The summed E-state index contributed by atoms with van der Waals surface area (Å²) in [4.78, 5) is 12.2. The SMILES string of the molecule is CCn1cnnc1-c1cccc(NC(=O)[C@@H](N)C(C)(C)C)c1.